The maximum Gasteiger partial charge on any atom is 0.0618 e. The first-order chi connectivity index (χ1) is 7.70. The van der Waals surface area contributed by atoms with E-state index in [0.717, 1.165) is 24.6 Å². The number of thioether (sulfide) groups is 1. The lowest BCUT2D eigenvalue weighted by Crippen LogP contribution is -2.48. The van der Waals surface area contributed by atoms with Crippen molar-refractivity contribution in [3.63, 3.8) is 0 Å². The molecule has 2 N–H and O–H groups in total. The molecular weight excluding hydrogens is 218 g/mol. The summed E-state index contributed by atoms with van der Waals surface area (Å²) < 4.78 is 0. The highest BCUT2D eigenvalue weighted by atomic mass is 32.2. The minimum atomic E-state index is -0.0840. The molecule has 0 heterocycles. The van der Waals surface area contributed by atoms with Gasteiger partial charge in [-0.2, -0.15) is 11.8 Å². The summed E-state index contributed by atoms with van der Waals surface area (Å²) in [4.78, 5) is 0. The van der Waals surface area contributed by atoms with Crippen molar-refractivity contribution in [2.75, 3.05) is 24.7 Å². The van der Waals surface area contributed by atoms with Crippen LogP contribution in [0, 0.1) is 5.92 Å². The highest BCUT2D eigenvalue weighted by Gasteiger charge is 2.23. The number of hydrogen-bond acceptors (Lipinski definition) is 3. The molecule has 0 aromatic heterocycles. The average molecular weight is 245 g/mol. The third kappa shape index (κ3) is 5.07. The molecule has 0 spiro atoms. The monoisotopic (exact) mass is 245 g/mol. The minimum Gasteiger partial charge on any atom is -0.394 e. The molecule has 1 aliphatic rings. The maximum absolute atomic E-state index is 9.43. The molecule has 1 atom stereocenters. The Morgan fingerprint density at radius 3 is 2.62 bits per heavy atom. The van der Waals surface area contributed by atoms with Gasteiger partial charge >= 0.3 is 0 Å². The van der Waals surface area contributed by atoms with Gasteiger partial charge in [0.15, 0.2) is 0 Å². The van der Waals surface area contributed by atoms with Crippen LogP contribution < -0.4 is 5.32 Å². The zero-order valence-corrected chi connectivity index (χ0v) is 11.6. The number of aliphatic hydroxyl groups excluding tert-OH is 1. The van der Waals surface area contributed by atoms with Crippen LogP contribution in [0.5, 0.6) is 0 Å². The second-order valence-corrected chi connectivity index (χ2v) is 6.34. The van der Waals surface area contributed by atoms with Crippen LogP contribution in [0.25, 0.3) is 0 Å². The Labute approximate surface area is 105 Å². The molecule has 1 saturated carbocycles. The minimum absolute atomic E-state index is 0.0840. The Kier molecular flexibility index (Phi) is 6.78. The van der Waals surface area contributed by atoms with Crippen molar-refractivity contribution in [2.45, 2.75) is 51.5 Å². The lowest BCUT2D eigenvalue weighted by molar-refractivity contribution is 0.192. The molecule has 1 aliphatic carbocycles. The van der Waals surface area contributed by atoms with Gasteiger partial charge in [-0.15, -0.1) is 0 Å². The molecule has 1 unspecified atom stereocenters. The van der Waals surface area contributed by atoms with E-state index < -0.39 is 0 Å². The summed E-state index contributed by atoms with van der Waals surface area (Å²) in [5.74, 6) is 3.25. The van der Waals surface area contributed by atoms with Gasteiger partial charge in [-0.25, -0.2) is 0 Å². The standard InChI is InChI=1S/C13H27NOS/c1-3-8-14-13(2,10-15)11-16-9-12-6-4-5-7-12/h12,14-15H,3-11H2,1-2H3. The van der Waals surface area contributed by atoms with Crippen LogP contribution in [0.1, 0.15) is 46.0 Å². The molecule has 0 aliphatic heterocycles. The first-order valence-electron chi connectivity index (χ1n) is 6.64. The van der Waals surface area contributed by atoms with Gasteiger partial charge in [0, 0.05) is 11.3 Å². The fourth-order valence-electron chi connectivity index (χ4n) is 2.21. The Balaban J connectivity index is 2.16. The van der Waals surface area contributed by atoms with E-state index >= 15 is 0 Å². The molecule has 0 bridgehead atoms. The number of aliphatic hydroxyl groups is 1. The van der Waals surface area contributed by atoms with E-state index in [-0.39, 0.29) is 12.1 Å². The van der Waals surface area contributed by atoms with Crippen LogP contribution in [0.15, 0.2) is 0 Å². The van der Waals surface area contributed by atoms with Crippen molar-refractivity contribution in [3.05, 3.63) is 0 Å². The zero-order chi connectivity index (χ0) is 11.9. The number of nitrogens with one attached hydrogen (secondary N) is 1. The average Bonchev–Trinajstić information content (AvgIpc) is 2.79. The van der Waals surface area contributed by atoms with Gasteiger partial charge in [0.25, 0.3) is 0 Å². The summed E-state index contributed by atoms with van der Waals surface area (Å²) in [6.45, 7) is 5.53. The van der Waals surface area contributed by atoms with Gasteiger partial charge in [0.1, 0.15) is 0 Å². The van der Waals surface area contributed by atoms with Crippen molar-refractivity contribution in [1.82, 2.24) is 5.32 Å². The summed E-state index contributed by atoms with van der Waals surface area (Å²) in [5.41, 5.74) is -0.0840. The first kappa shape index (κ1) is 14.3. The molecule has 0 saturated heterocycles. The number of hydrogen-bond donors (Lipinski definition) is 2. The zero-order valence-electron chi connectivity index (χ0n) is 10.8. The third-order valence-corrected chi connectivity index (χ3v) is 4.95. The van der Waals surface area contributed by atoms with Crippen molar-refractivity contribution in [3.8, 4) is 0 Å². The molecule has 96 valence electrons. The normalized spacial score (nSPS) is 21.2. The Morgan fingerprint density at radius 2 is 2.06 bits per heavy atom. The quantitative estimate of drug-likeness (QED) is 0.689. The van der Waals surface area contributed by atoms with Crippen LogP contribution in [0.3, 0.4) is 0 Å². The van der Waals surface area contributed by atoms with Crippen LogP contribution in [-0.2, 0) is 0 Å². The Morgan fingerprint density at radius 1 is 1.38 bits per heavy atom. The van der Waals surface area contributed by atoms with E-state index in [1.165, 1.54) is 31.4 Å². The summed E-state index contributed by atoms with van der Waals surface area (Å²) in [6, 6.07) is 0. The third-order valence-electron chi connectivity index (χ3n) is 3.40. The predicted molar refractivity (Wildman–Crippen MR) is 73.1 cm³/mol. The molecular formula is C13H27NOS. The summed E-state index contributed by atoms with van der Waals surface area (Å²) in [7, 11) is 0. The summed E-state index contributed by atoms with van der Waals surface area (Å²) >= 11 is 2.01. The van der Waals surface area contributed by atoms with Gasteiger partial charge in [-0.3, -0.25) is 0 Å². The van der Waals surface area contributed by atoms with Gasteiger partial charge < -0.3 is 10.4 Å². The molecule has 0 aromatic rings. The van der Waals surface area contributed by atoms with Crippen LogP contribution in [0.4, 0.5) is 0 Å². The Bertz CT molecular complexity index is 183. The topological polar surface area (TPSA) is 32.3 Å². The fraction of sp³-hybridized carbons (Fsp3) is 1.00. The van der Waals surface area contributed by atoms with Gasteiger partial charge in [0.2, 0.25) is 0 Å². The summed E-state index contributed by atoms with van der Waals surface area (Å²) in [5, 5.41) is 12.9. The lowest BCUT2D eigenvalue weighted by atomic mass is 10.1. The molecule has 0 amide bonds. The van der Waals surface area contributed by atoms with E-state index in [1.807, 2.05) is 11.8 Å². The number of rotatable bonds is 8. The van der Waals surface area contributed by atoms with Crippen molar-refractivity contribution < 1.29 is 5.11 Å². The lowest BCUT2D eigenvalue weighted by Gasteiger charge is -2.28. The maximum atomic E-state index is 9.43. The molecule has 1 fully saturated rings. The van der Waals surface area contributed by atoms with Crippen LogP contribution in [0.2, 0.25) is 0 Å². The highest BCUT2D eigenvalue weighted by Crippen LogP contribution is 2.28. The van der Waals surface area contributed by atoms with Gasteiger partial charge in [0.05, 0.1) is 6.61 Å². The molecule has 16 heavy (non-hydrogen) atoms. The van der Waals surface area contributed by atoms with E-state index in [2.05, 4.69) is 19.2 Å². The Hall–Kier alpha value is 0.270. The second-order valence-electron chi connectivity index (χ2n) is 5.31. The predicted octanol–water partition coefficient (Wildman–Crippen LogP) is 2.66. The van der Waals surface area contributed by atoms with Gasteiger partial charge in [-0.05, 0) is 44.4 Å². The molecule has 3 heteroatoms. The van der Waals surface area contributed by atoms with E-state index in [4.69, 9.17) is 0 Å². The first-order valence-corrected chi connectivity index (χ1v) is 7.79. The van der Waals surface area contributed by atoms with Crippen molar-refractivity contribution in [1.29, 1.82) is 0 Å². The summed E-state index contributed by atoms with van der Waals surface area (Å²) in [6.07, 6.45) is 6.83. The van der Waals surface area contributed by atoms with Crippen LogP contribution in [-0.4, -0.2) is 35.3 Å². The SMILES string of the molecule is CCCNC(C)(CO)CSCC1CCCC1. The van der Waals surface area contributed by atoms with E-state index in [1.54, 1.807) is 0 Å². The van der Waals surface area contributed by atoms with E-state index in [0.29, 0.717) is 0 Å². The van der Waals surface area contributed by atoms with Crippen molar-refractivity contribution in [2.24, 2.45) is 5.92 Å². The molecule has 2 nitrogen and oxygen atoms in total. The molecule has 1 rings (SSSR count). The smallest absolute Gasteiger partial charge is 0.0618 e. The highest BCUT2D eigenvalue weighted by molar-refractivity contribution is 7.99. The van der Waals surface area contributed by atoms with Gasteiger partial charge in [-0.1, -0.05) is 19.8 Å². The largest absolute Gasteiger partial charge is 0.394 e. The van der Waals surface area contributed by atoms with Crippen LogP contribution >= 0.6 is 11.8 Å². The fourth-order valence-corrected chi connectivity index (χ4v) is 3.64. The second kappa shape index (κ2) is 7.57. The molecule has 0 radical (unpaired) electrons. The van der Waals surface area contributed by atoms with Crippen molar-refractivity contribution >= 4 is 11.8 Å². The van der Waals surface area contributed by atoms with E-state index in [9.17, 15) is 5.11 Å². The molecule has 0 aromatic carbocycles.